The third-order valence-corrected chi connectivity index (χ3v) is 2.88. The minimum Gasteiger partial charge on any atom is -0.304 e. The van der Waals surface area contributed by atoms with E-state index >= 15 is 0 Å². The predicted octanol–water partition coefficient (Wildman–Crippen LogP) is -0.701. The first-order valence-electron chi connectivity index (χ1n) is 6.11. The number of likely N-dealkylation sites (N-methyl/N-ethyl adjacent to an activating group) is 1. The molecule has 0 unspecified atom stereocenters. The summed E-state index contributed by atoms with van der Waals surface area (Å²) in [5.74, 6) is -1.02. The van der Waals surface area contributed by atoms with E-state index in [1.54, 1.807) is 29.4 Å². The molecule has 0 atom stereocenters. The molecule has 1 fully saturated rings. The molecular weight excluding hydrogens is 246 g/mol. The van der Waals surface area contributed by atoms with E-state index in [9.17, 15) is 9.59 Å². The molecule has 1 aromatic rings. The van der Waals surface area contributed by atoms with Gasteiger partial charge in [-0.1, -0.05) is 6.07 Å². The highest BCUT2D eigenvalue weighted by Crippen LogP contribution is 2.00. The third-order valence-electron chi connectivity index (χ3n) is 2.88. The fourth-order valence-electron chi connectivity index (χ4n) is 1.72. The van der Waals surface area contributed by atoms with Crippen LogP contribution in [0.3, 0.4) is 0 Å². The zero-order chi connectivity index (χ0) is 13.7. The van der Waals surface area contributed by atoms with Crippen LogP contribution in [-0.4, -0.2) is 59.9 Å². The number of pyridine rings is 1. The largest absolute Gasteiger partial charge is 0.323 e. The van der Waals surface area contributed by atoms with Gasteiger partial charge in [-0.25, -0.2) is 9.99 Å². The quantitative estimate of drug-likeness (QED) is 0.690. The summed E-state index contributed by atoms with van der Waals surface area (Å²) < 4.78 is 0. The van der Waals surface area contributed by atoms with Crippen molar-refractivity contribution in [3.63, 3.8) is 0 Å². The lowest BCUT2D eigenvalue weighted by Crippen LogP contribution is -2.54. The lowest BCUT2D eigenvalue weighted by molar-refractivity contribution is -0.139. The normalized spacial score (nSPS) is 16.9. The molecule has 7 nitrogen and oxygen atoms in total. The van der Waals surface area contributed by atoms with Crippen molar-refractivity contribution in [3.8, 4) is 0 Å². The van der Waals surface area contributed by atoms with E-state index in [4.69, 9.17) is 0 Å². The molecule has 102 valence electrons. The Hall–Kier alpha value is -1.99. The first-order chi connectivity index (χ1) is 9.15. The van der Waals surface area contributed by atoms with Gasteiger partial charge in [0.25, 0.3) is 0 Å². The van der Waals surface area contributed by atoms with E-state index in [0.717, 1.165) is 13.1 Å². The van der Waals surface area contributed by atoms with Crippen LogP contribution in [0.2, 0.25) is 0 Å². The van der Waals surface area contributed by atoms with E-state index in [1.165, 1.54) is 0 Å². The average molecular weight is 263 g/mol. The lowest BCUT2D eigenvalue weighted by Gasteiger charge is -2.32. The summed E-state index contributed by atoms with van der Waals surface area (Å²) in [5, 5.41) is 4.19. The molecule has 2 rings (SSSR count). The number of hydrazine groups is 1. The summed E-state index contributed by atoms with van der Waals surface area (Å²) in [4.78, 5) is 29.4. The monoisotopic (exact) mass is 263 g/mol. The van der Waals surface area contributed by atoms with E-state index < -0.39 is 11.8 Å². The van der Waals surface area contributed by atoms with E-state index in [0.29, 0.717) is 18.9 Å². The minimum absolute atomic E-state index is 0.362. The van der Waals surface area contributed by atoms with Gasteiger partial charge in [0.15, 0.2) is 0 Å². The number of aromatic nitrogens is 1. The number of carbonyl (C=O) groups excluding carboxylic acids is 2. The van der Waals surface area contributed by atoms with Crippen molar-refractivity contribution < 1.29 is 9.59 Å². The molecule has 2 N–H and O–H groups in total. The summed E-state index contributed by atoms with van der Waals surface area (Å²) in [7, 11) is 2.02. The smallest absolute Gasteiger partial charge is 0.304 e. The van der Waals surface area contributed by atoms with Crippen molar-refractivity contribution >= 4 is 17.6 Å². The molecule has 0 aromatic carbocycles. The number of nitrogens with zero attached hydrogens (tertiary/aromatic N) is 3. The highest BCUT2D eigenvalue weighted by molar-refractivity contribution is 6.39. The fraction of sp³-hybridized carbons (Fsp3) is 0.417. The Kier molecular flexibility index (Phi) is 4.43. The van der Waals surface area contributed by atoms with Crippen LogP contribution in [0.25, 0.3) is 0 Å². The molecule has 1 saturated heterocycles. The maximum Gasteiger partial charge on any atom is 0.323 e. The van der Waals surface area contributed by atoms with Crippen LogP contribution in [0.15, 0.2) is 24.4 Å². The van der Waals surface area contributed by atoms with Gasteiger partial charge in [-0.05, 0) is 19.2 Å². The Labute approximate surface area is 111 Å². The van der Waals surface area contributed by atoms with Gasteiger partial charge < -0.3 is 10.2 Å². The van der Waals surface area contributed by atoms with E-state index in [1.807, 2.05) is 7.05 Å². The highest BCUT2D eigenvalue weighted by Gasteiger charge is 2.20. The highest BCUT2D eigenvalue weighted by atomic mass is 16.2. The van der Waals surface area contributed by atoms with Crippen LogP contribution in [0.5, 0.6) is 0 Å². The molecule has 0 spiro atoms. The zero-order valence-corrected chi connectivity index (χ0v) is 10.8. The van der Waals surface area contributed by atoms with Gasteiger partial charge in [0, 0.05) is 32.4 Å². The van der Waals surface area contributed by atoms with Crippen molar-refractivity contribution in [3.05, 3.63) is 24.4 Å². The molecule has 0 saturated carbocycles. The fourth-order valence-corrected chi connectivity index (χ4v) is 1.72. The average Bonchev–Trinajstić information content (AvgIpc) is 2.42. The SMILES string of the molecule is CN1CCN(NC(=O)C(=O)Nc2ccccn2)CC1. The first kappa shape index (κ1) is 13.4. The Morgan fingerprint density at radius 1 is 1.16 bits per heavy atom. The topological polar surface area (TPSA) is 77.6 Å². The third kappa shape index (κ3) is 4.01. The van der Waals surface area contributed by atoms with E-state index in [-0.39, 0.29) is 0 Å². The molecule has 2 heterocycles. The Balaban J connectivity index is 1.81. The molecule has 0 bridgehead atoms. The molecule has 19 heavy (non-hydrogen) atoms. The van der Waals surface area contributed by atoms with Gasteiger partial charge in [-0.15, -0.1) is 0 Å². The Bertz CT molecular complexity index is 443. The minimum atomic E-state index is -0.711. The van der Waals surface area contributed by atoms with Gasteiger partial charge >= 0.3 is 11.8 Å². The molecule has 1 aromatic heterocycles. The summed E-state index contributed by atoms with van der Waals surface area (Å²) >= 11 is 0. The summed E-state index contributed by atoms with van der Waals surface area (Å²) in [6.45, 7) is 3.14. The number of nitrogens with one attached hydrogen (secondary N) is 2. The van der Waals surface area contributed by atoms with Gasteiger partial charge in [0.2, 0.25) is 0 Å². The van der Waals surface area contributed by atoms with Crippen LogP contribution >= 0.6 is 0 Å². The van der Waals surface area contributed by atoms with Gasteiger partial charge in [-0.2, -0.15) is 0 Å². The second-order valence-electron chi connectivity index (χ2n) is 4.40. The Morgan fingerprint density at radius 2 is 1.89 bits per heavy atom. The molecule has 0 aliphatic carbocycles. The second-order valence-corrected chi connectivity index (χ2v) is 4.40. The summed E-state index contributed by atoms with van der Waals surface area (Å²) in [5.41, 5.74) is 2.59. The van der Waals surface area contributed by atoms with Crippen molar-refractivity contribution in [1.29, 1.82) is 0 Å². The van der Waals surface area contributed by atoms with Crippen molar-refractivity contribution in [2.75, 3.05) is 38.5 Å². The van der Waals surface area contributed by atoms with Crippen molar-refractivity contribution in [1.82, 2.24) is 20.3 Å². The van der Waals surface area contributed by atoms with Gasteiger partial charge in [0.1, 0.15) is 5.82 Å². The maximum absolute atomic E-state index is 11.7. The first-order valence-corrected chi connectivity index (χ1v) is 6.11. The number of rotatable bonds is 2. The Morgan fingerprint density at radius 3 is 2.53 bits per heavy atom. The molecule has 1 aliphatic rings. The second kappa shape index (κ2) is 6.26. The number of hydrogen-bond donors (Lipinski definition) is 2. The summed E-state index contributed by atoms with van der Waals surface area (Å²) in [6.07, 6.45) is 1.55. The summed E-state index contributed by atoms with van der Waals surface area (Å²) in [6, 6.07) is 5.10. The van der Waals surface area contributed by atoms with Crippen LogP contribution in [0.4, 0.5) is 5.82 Å². The zero-order valence-electron chi connectivity index (χ0n) is 10.8. The number of amides is 2. The van der Waals surface area contributed by atoms with Crippen LogP contribution in [0, 0.1) is 0 Å². The number of carbonyl (C=O) groups is 2. The van der Waals surface area contributed by atoms with Crippen molar-refractivity contribution in [2.24, 2.45) is 0 Å². The standard InChI is InChI=1S/C12H17N5O2/c1-16-6-8-17(9-7-16)15-12(19)11(18)14-10-4-2-3-5-13-10/h2-5H,6-9H2,1H3,(H,15,19)(H,13,14,18). The molecule has 7 heteroatoms. The molecule has 1 aliphatic heterocycles. The predicted molar refractivity (Wildman–Crippen MR) is 70.1 cm³/mol. The number of piperazine rings is 1. The van der Waals surface area contributed by atoms with Crippen LogP contribution in [-0.2, 0) is 9.59 Å². The van der Waals surface area contributed by atoms with Crippen LogP contribution in [0.1, 0.15) is 0 Å². The molecule has 2 amide bonds. The van der Waals surface area contributed by atoms with Crippen LogP contribution < -0.4 is 10.7 Å². The number of anilines is 1. The lowest BCUT2D eigenvalue weighted by atomic mass is 10.4. The van der Waals surface area contributed by atoms with Crippen molar-refractivity contribution in [2.45, 2.75) is 0 Å². The molecular formula is C12H17N5O2. The van der Waals surface area contributed by atoms with E-state index in [2.05, 4.69) is 20.6 Å². The molecule has 0 radical (unpaired) electrons. The van der Waals surface area contributed by atoms with Gasteiger partial charge in [-0.3, -0.25) is 15.0 Å². The number of hydrogen-bond acceptors (Lipinski definition) is 5. The maximum atomic E-state index is 11.7. The van der Waals surface area contributed by atoms with Gasteiger partial charge in [0.05, 0.1) is 0 Å².